The number of hydrogen-bond acceptors (Lipinski definition) is 3. The highest BCUT2D eigenvalue weighted by Crippen LogP contribution is 2.31. The Morgan fingerprint density at radius 2 is 1.60 bits per heavy atom. The summed E-state index contributed by atoms with van der Waals surface area (Å²) in [4.78, 5) is 4.48. The van der Waals surface area contributed by atoms with Crippen LogP contribution < -0.4 is 5.32 Å². The minimum Gasteiger partial charge on any atom is -0.375 e. The number of rotatable bonds is 13. The van der Waals surface area contributed by atoms with Gasteiger partial charge in [0.1, 0.15) is 0 Å². The third-order valence-electron chi connectivity index (χ3n) is 8.54. The summed E-state index contributed by atoms with van der Waals surface area (Å²) >= 11 is 0. The second-order valence-electron chi connectivity index (χ2n) is 11.9. The van der Waals surface area contributed by atoms with E-state index in [2.05, 4.69) is 142 Å². The molecule has 3 nitrogen and oxygen atoms in total. The maximum absolute atomic E-state index is 5.93. The minimum atomic E-state index is -0.0175. The van der Waals surface area contributed by atoms with Crippen LogP contribution in [0.1, 0.15) is 83.2 Å². The van der Waals surface area contributed by atoms with E-state index in [0.717, 1.165) is 30.5 Å². The summed E-state index contributed by atoms with van der Waals surface area (Å²) in [6.45, 7) is 18.1. The molecule has 3 aromatic carbocycles. The van der Waals surface area contributed by atoms with E-state index in [0.29, 0.717) is 18.3 Å². The van der Waals surface area contributed by atoms with E-state index in [-0.39, 0.29) is 12.1 Å². The van der Waals surface area contributed by atoms with Gasteiger partial charge in [0.25, 0.3) is 0 Å². The normalized spacial score (nSPS) is 13.3. The molecule has 47 heavy (non-hydrogen) atoms. The molecule has 0 aliphatic heterocycles. The fraction of sp³-hybridized carbons (Fsp3) is 0.386. The van der Waals surface area contributed by atoms with E-state index in [4.69, 9.17) is 4.74 Å². The first-order chi connectivity index (χ1) is 22.9. The zero-order valence-corrected chi connectivity index (χ0v) is 30.1. The molecule has 0 saturated heterocycles. The van der Waals surface area contributed by atoms with Crippen molar-refractivity contribution in [1.29, 1.82) is 0 Å². The Morgan fingerprint density at radius 3 is 2.13 bits per heavy atom. The van der Waals surface area contributed by atoms with E-state index >= 15 is 0 Å². The van der Waals surface area contributed by atoms with Gasteiger partial charge >= 0.3 is 0 Å². The number of ether oxygens (including phenoxy) is 1. The number of nitrogens with zero attached hydrogens (tertiary/aromatic N) is 1. The van der Waals surface area contributed by atoms with Crippen molar-refractivity contribution in [2.45, 2.75) is 85.3 Å². The highest BCUT2D eigenvalue weighted by atomic mass is 16.5. The van der Waals surface area contributed by atoms with E-state index in [9.17, 15) is 0 Å². The predicted octanol–water partition coefficient (Wildman–Crippen LogP) is 11.2. The topological polar surface area (TPSA) is 34.1 Å². The third-order valence-corrected chi connectivity index (χ3v) is 8.54. The summed E-state index contributed by atoms with van der Waals surface area (Å²) in [6, 6.07) is 24.0. The van der Waals surface area contributed by atoms with Crippen LogP contribution >= 0.6 is 0 Å². The maximum Gasteiger partial charge on any atom is 0.0975 e. The number of pyridine rings is 1. The lowest BCUT2D eigenvalue weighted by Crippen LogP contribution is -2.36. The lowest BCUT2D eigenvalue weighted by molar-refractivity contribution is 0.0585. The van der Waals surface area contributed by atoms with Crippen LogP contribution in [0.15, 0.2) is 110 Å². The van der Waals surface area contributed by atoms with Crippen LogP contribution in [0.3, 0.4) is 0 Å². The van der Waals surface area contributed by atoms with Gasteiger partial charge in [-0.25, -0.2) is 0 Å². The van der Waals surface area contributed by atoms with E-state index in [1.54, 1.807) is 13.2 Å². The molecule has 0 saturated carbocycles. The first kappa shape index (κ1) is 39.2. The molecular weight excluding hydrogens is 572 g/mol. The second kappa shape index (κ2) is 22.5. The standard InChI is InChI=1S/C25H38N2O.C16H14.C3H6/c1-7-10-11-12-13-15-23-18-22(16-17-27-23)25(28-6)24(26-5)19-21(14-8-2)20(4)9-3;1-2-14-15-9-5-3-7-12(15)11-13-8-4-6-10-16(13)14;1-3-2/h9-11,16-18,20-21,24-26H,3,7-8,14-15,19H2,1-2,4-6H3;3-11H,2H2,1H3;3H,1H2,2H3/b11-10-;;/t20?,21?,24-,25+;;/m0../s1. The van der Waals surface area contributed by atoms with Crippen molar-refractivity contribution < 1.29 is 4.74 Å². The minimum absolute atomic E-state index is 0.0175. The molecule has 3 heteroatoms. The summed E-state index contributed by atoms with van der Waals surface area (Å²) in [6.07, 6.45) is 15.8. The summed E-state index contributed by atoms with van der Waals surface area (Å²) in [5.41, 5.74) is 3.60. The molecule has 0 fully saturated rings. The fourth-order valence-corrected chi connectivity index (χ4v) is 6.05. The van der Waals surface area contributed by atoms with Gasteiger partial charge < -0.3 is 10.1 Å². The average Bonchev–Trinajstić information content (AvgIpc) is 3.10. The molecule has 0 spiro atoms. The van der Waals surface area contributed by atoms with Crippen LogP contribution in [-0.4, -0.2) is 25.2 Å². The molecule has 0 radical (unpaired) electrons. The lowest BCUT2D eigenvalue weighted by atomic mass is 9.82. The molecule has 2 unspecified atom stereocenters. The Balaban J connectivity index is 0.000000336. The molecule has 0 aliphatic rings. The summed E-state index contributed by atoms with van der Waals surface area (Å²) in [7, 11) is 3.81. The van der Waals surface area contributed by atoms with Gasteiger partial charge in [0.15, 0.2) is 0 Å². The Morgan fingerprint density at radius 1 is 0.957 bits per heavy atom. The van der Waals surface area contributed by atoms with Crippen molar-refractivity contribution in [1.82, 2.24) is 10.3 Å². The number of nitrogens with one attached hydrogen (secondary N) is 1. The van der Waals surface area contributed by atoms with Crippen molar-refractivity contribution in [3.63, 3.8) is 0 Å². The summed E-state index contributed by atoms with van der Waals surface area (Å²) in [5, 5.41) is 8.96. The molecule has 250 valence electrons. The maximum atomic E-state index is 5.93. The monoisotopic (exact) mass is 630 g/mol. The highest BCUT2D eigenvalue weighted by molar-refractivity contribution is 6.02. The largest absolute Gasteiger partial charge is 0.375 e. The van der Waals surface area contributed by atoms with Crippen LogP contribution in [0.2, 0.25) is 0 Å². The van der Waals surface area contributed by atoms with Crippen molar-refractivity contribution in [2.24, 2.45) is 11.8 Å². The first-order valence-corrected chi connectivity index (χ1v) is 17.3. The van der Waals surface area contributed by atoms with Crippen molar-refractivity contribution in [3.8, 4) is 11.8 Å². The molecule has 4 aromatic rings. The van der Waals surface area contributed by atoms with Crippen LogP contribution in [0.25, 0.3) is 21.5 Å². The zero-order chi connectivity index (χ0) is 34.4. The molecule has 1 N–H and O–H groups in total. The molecule has 0 amide bonds. The number of allylic oxidation sites excluding steroid dienone is 4. The Kier molecular flexibility index (Phi) is 18.8. The van der Waals surface area contributed by atoms with Gasteiger partial charge in [0.2, 0.25) is 0 Å². The van der Waals surface area contributed by atoms with Gasteiger partial charge in [-0.3, -0.25) is 4.98 Å². The Bertz CT molecular complexity index is 1540. The summed E-state index contributed by atoms with van der Waals surface area (Å²) < 4.78 is 5.93. The smallest absolute Gasteiger partial charge is 0.0975 e. The Labute approximate surface area is 286 Å². The molecule has 1 aromatic heterocycles. The number of fused-ring (bicyclic) bond motifs is 2. The zero-order valence-electron chi connectivity index (χ0n) is 30.1. The van der Waals surface area contributed by atoms with Crippen LogP contribution in [0.4, 0.5) is 0 Å². The summed E-state index contributed by atoms with van der Waals surface area (Å²) in [5.74, 6) is 7.32. The number of methoxy groups -OCH3 is 1. The second-order valence-corrected chi connectivity index (χ2v) is 11.9. The van der Waals surface area contributed by atoms with Crippen LogP contribution in [0, 0.1) is 23.7 Å². The van der Waals surface area contributed by atoms with Crippen molar-refractivity contribution in [2.75, 3.05) is 14.2 Å². The molecule has 0 aliphatic carbocycles. The van der Waals surface area contributed by atoms with Gasteiger partial charge in [0, 0.05) is 19.3 Å². The van der Waals surface area contributed by atoms with Crippen LogP contribution in [-0.2, 0) is 17.6 Å². The van der Waals surface area contributed by atoms with E-state index in [1.807, 2.05) is 26.2 Å². The van der Waals surface area contributed by atoms with E-state index < -0.39 is 0 Å². The lowest BCUT2D eigenvalue weighted by Gasteiger charge is -2.31. The predicted molar refractivity (Wildman–Crippen MR) is 207 cm³/mol. The van der Waals surface area contributed by atoms with Crippen molar-refractivity contribution in [3.05, 3.63) is 127 Å². The molecule has 4 atom stereocenters. The number of hydrogen-bond donors (Lipinski definition) is 1. The molecule has 4 rings (SSSR count). The third kappa shape index (κ3) is 12.3. The Hall–Kier alpha value is -3.97. The van der Waals surface area contributed by atoms with Crippen molar-refractivity contribution >= 4 is 21.5 Å². The van der Waals surface area contributed by atoms with E-state index in [1.165, 1.54) is 39.9 Å². The average molecular weight is 631 g/mol. The molecular formula is C44H58N2O. The number of aromatic nitrogens is 1. The van der Waals surface area contributed by atoms with Gasteiger partial charge in [-0.2, -0.15) is 0 Å². The number of likely N-dealkylation sites (N-methyl/N-ethyl adjacent to an activating group) is 1. The molecule has 0 bridgehead atoms. The van der Waals surface area contributed by atoms with Crippen LogP contribution in [0.5, 0.6) is 0 Å². The quantitative estimate of drug-likeness (QED) is 0.0906. The first-order valence-electron chi connectivity index (χ1n) is 17.3. The molecule has 1 heterocycles. The van der Waals surface area contributed by atoms with Gasteiger partial charge in [-0.15, -0.1) is 13.2 Å². The number of aryl methyl sites for hydroxylation is 1. The number of benzene rings is 3. The highest BCUT2D eigenvalue weighted by Gasteiger charge is 2.27. The van der Waals surface area contributed by atoms with Gasteiger partial charge in [-0.05, 0) is 102 Å². The van der Waals surface area contributed by atoms with Gasteiger partial charge in [-0.1, -0.05) is 119 Å². The fourth-order valence-electron chi connectivity index (χ4n) is 6.05. The van der Waals surface area contributed by atoms with Gasteiger partial charge in [0.05, 0.1) is 18.2 Å². The SMILES string of the molecule is C=CC.C=CC(C)C(CCC)C[C@H](NC)[C@H](OC)c1ccnc(CC#C/C=C\CC)c1.CCc1c2ccccc2cc2ccccc12.